The van der Waals surface area contributed by atoms with E-state index in [0.717, 1.165) is 23.5 Å². The smallest absolute Gasteiger partial charge is 0.0484 e. The SMILES string of the molecule is CC1CN(Cc2ccccc2)c2ccc3c(Cl)cccc3c21. The third kappa shape index (κ3) is 2.17. The maximum absolute atomic E-state index is 6.36. The lowest BCUT2D eigenvalue weighted by molar-refractivity contribution is 0.748. The van der Waals surface area contributed by atoms with Gasteiger partial charge in [-0.25, -0.2) is 0 Å². The van der Waals surface area contributed by atoms with Gasteiger partial charge in [0.25, 0.3) is 0 Å². The number of fused-ring (bicyclic) bond motifs is 3. The van der Waals surface area contributed by atoms with Crippen LogP contribution in [0, 0.1) is 0 Å². The van der Waals surface area contributed by atoms with E-state index in [0.29, 0.717) is 5.92 Å². The minimum absolute atomic E-state index is 0.529. The number of rotatable bonds is 2. The van der Waals surface area contributed by atoms with E-state index >= 15 is 0 Å². The van der Waals surface area contributed by atoms with Crippen molar-refractivity contribution in [3.63, 3.8) is 0 Å². The van der Waals surface area contributed by atoms with Gasteiger partial charge in [-0.05, 0) is 28.6 Å². The summed E-state index contributed by atoms with van der Waals surface area (Å²) in [5, 5.41) is 3.30. The summed E-state index contributed by atoms with van der Waals surface area (Å²) in [6, 6.07) is 21.3. The summed E-state index contributed by atoms with van der Waals surface area (Å²) in [6.45, 7) is 4.34. The molecule has 0 bridgehead atoms. The van der Waals surface area contributed by atoms with Gasteiger partial charge in [-0.3, -0.25) is 0 Å². The molecule has 0 aliphatic carbocycles. The van der Waals surface area contributed by atoms with Crippen LogP contribution in [0.1, 0.15) is 24.0 Å². The van der Waals surface area contributed by atoms with Crippen LogP contribution in [-0.2, 0) is 6.54 Å². The molecule has 0 saturated carbocycles. The van der Waals surface area contributed by atoms with E-state index in [1.54, 1.807) is 0 Å². The van der Waals surface area contributed by atoms with E-state index in [1.807, 2.05) is 6.07 Å². The monoisotopic (exact) mass is 307 g/mol. The summed E-state index contributed by atoms with van der Waals surface area (Å²) >= 11 is 6.36. The molecule has 22 heavy (non-hydrogen) atoms. The molecular weight excluding hydrogens is 290 g/mol. The minimum atomic E-state index is 0.529. The molecule has 0 spiro atoms. The normalized spacial score (nSPS) is 17.0. The molecular formula is C20H18ClN. The Morgan fingerprint density at radius 2 is 1.77 bits per heavy atom. The maximum atomic E-state index is 6.36. The van der Waals surface area contributed by atoms with Gasteiger partial charge in [-0.15, -0.1) is 0 Å². The van der Waals surface area contributed by atoms with Crippen molar-refractivity contribution < 1.29 is 0 Å². The summed E-state index contributed by atoms with van der Waals surface area (Å²) in [7, 11) is 0. The van der Waals surface area contributed by atoms with Gasteiger partial charge in [0.2, 0.25) is 0 Å². The number of halogens is 1. The second kappa shape index (κ2) is 5.33. The van der Waals surface area contributed by atoms with Gasteiger partial charge < -0.3 is 4.90 Å². The third-order valence-electron chi connectivity index (χ3n) is 4.57. The molecule has 1 unspecified atom stereocenters. The highest BCUT2D eigenvalue weighted by Gasteiger charge is 2.27. The lowest BCUT2D eigenvalue weighted by Crippen LogP contribution is -2.20. The Hall–Kier alpha value is -1.99. The molecule has 1 heterocycles. The van der Waals surface area contributed by atoms with Gasteiger partial charge in [-0.2, -0.15) is 0 Å². The van der Waals surface area contributed by atoms with Crippen LogP contribution in [0.5, 0.6) is 0 Å². The zero-order chi connectivity index (χ0) is 15.1. The van der Waals surface area contributed by atoms with Crippen LogP contribution in [0.25, 0.3) is 10.8 Å². The van der Waals surface area contributed by atoms with Gasteiger partial charge in [0.1, 0.15) is 0 Å². The van der Waals surface area contributed by atoms with Crippen LogP contribution in [-0.4, -0.2) is 6.54 Å². The highest BCUT2D eigenvalue weighted by atomic mass is 35.5. The minimum Gasteiger partial charge on any atom is -0.366 e. The van der Waals surface area contributed by atoms with Gasteiger partial charge in [0, 0.05) is 35.1 Å². The fraction of sp³-hybridized carbons (Fsp3) is 0.200. The van der Waals surface area contributed by atoms with Crippen molar-refractivity contribution in [1.82, 2.24) is 0 Å². The van der Waals surface area contributed by atoms with Crippen molar-refractivity contribution in [3.8, 4) is 0 Å². The number of anilines is 1. The molecule has 3 aromatic carbocycles. The molecule has 4 rings (SSSR count). The van der Waals surface area contributed by atoms with Crippen molar-refractivity contribution in [1.29, 1.82) is 0 Å². The third-order valence-corrected chi connectivity index (χ3v) is 4.90. The molecule has 0 saturated heterocycles. The van der Waals surface area contributed by atoms with Crippen LogP contribution in [0.2, 0.25) is 5.02 Å². The molecule has 1 aliphatic rings. The molecule has 1 aliphatic heterocycles. The lowest BCUT2D eigenvalue weighted by atomic mass is 9.96. The van der Waals surface area contributed by atoms with Crippen LogP contribution in [0.3, 0.4) is 0 Å². The van der Waals surface area contributed by atoms with Gasteiger partial charge >= 0.3 is 0 Å². The lowest BCUT2D eigenvalue weighted by Gasteiger charge is -2.20. The summed E-state index contributed by atoms with van der Waals surface area (Å²) in [6.07, 6.45) is 0. The first-order chi connectivity index (χ1) is 10.7. The Balaban J connectivity index is 1.80. The number of hydrogen-bond donors (Lipinski definition) is 0. The molecule has 0 amide bonds. The maximum Gasteiger partial charge on any atom is 0.0484 e. The predicted molar refractivity (Wildman–Crippen MR) is 94.9 cm³/mol. The fourth-order valence-electron chi connectivity index (χ4n) is 3.60. The van der Waals surface area contributed by atoms with Crippen LogP contribution in [0.4, 0.5) is 5.69 Å². The summed E-state index contributed by atoms with van der Waals surface area (Å²) in [5.41, 5.74) is 4.15. The first-order valence-electron chi connectivity index (χ1n) is 7.74. The van der Waals surface area contributed by atoms with Crippen molar-refractivity contribution in [2.45, 2.75) is 19.4 Å². The highest BCUT2D eigenvalue weighted by molar-refractivity contribution is 6.35. The topological polar surface area (TPSA) is 3.24 Å². The summed E-state index contributed by atoms with van der Waals surface area (Å²) < 4.78 is 0. The van der Waals surface area contributed by atoms with Crippen molar-refractivity contribution in [3.05, 3.63) is 76.8 Å². The van der Waals surface area contributed by atoms with Gasteiger partial charge in [-0.1, -0.05) is 67.1 Å². The molecule has 2 heteroatoms. The first-order valence-corrected chi connectivity index (χ1v) is 8.12. The Labute approximate surface area is 136 Å². The van der Waals surface area contributed by atoms with E-state index < -0.39 is 0 Å². The average Bonchev–Trinajstić information content (AvgIpc) is 2.85. The Morgan fingerprint density at radius 1 is 0.955 bits per heavy atom. The molecule has 0 radical (unpaired) electrons. The van der Waals surface area contributed by atoms with Crippen LogP contribution >= 0.6 is 11.6 Å². The number of benzene rings is 3. The largest absolute Gasteiger partial charge is 0.366 e. The van der Waals surface area contributed by atoms with E-state index in [4.69, 9.17) is 11.6 Å². The fourth-order valence-corrected chi connectivity index (χ4v) is 3.84. The first kappa shape index (κ1) is 13.7. The molecule has 0 N–H and O–H groups in total. The van der Waals surface area contributed by atoms with Gasteiger partial charge in [0.05, 0.1) is 0 Å². The standard InChI is InChI=1S/C20H18ClN/c1-14-12-22(13-15-6-3-2-4-7-15)19-11-10-16-17(20(14)19)8-5-9-18(16)21/h2-11,14H,12-13H2,1H3. The summed E-state index contributed by atoms with van der Waals surface area (Å²) in [4.78, 5) is 2.48. The molecule has 0 aromatic heterocycles. The number of hydrogen-bond acceptors (Lipinski definition) is 1. The molecule has 110 valence electrons. The molecule has 3 aromatic rings. The number of nitrogens with zero attached hydrogens (tertiary/aromatic N) is 1. The van der Waals surface area contributed by atoms with E-state index in [1.165, 1.54) is 22.2 Å². The van der Waals surface area contributed by atoms with E-state index in [-0.39, 0.29) is 0 Å². The zero-order valence-electron chi connectivity index (χ0n) is 12.6. The average molecular weight is 308 g/mol. The van der Waals surface area contributed by atoms with Crippen LogP contribution in [0.15, 0.2) is 60.7 Å². The zero-order valence-corrected chi connectivity index (χ0v) is 13.3. The summed E-state index contributed by atoms with van der Waals surface area (Å²) in [5.74, 6) is 0.529. The second-order valence-corrected chi connectivity index (χ2v) is 6.51. The van der Waals surface area contributed by atoms with Gasteiger partial charge in [0.15, 0.2) is 0 Å². The molecule has 0 fully saturated rings. The second-order valence-electron chi connectivity index (χ2n) is 6.10. The Morgan fingerprint density at radius 3 is 2.59 bits per heavy atom. The van der Waals surface area contributed by atoms with Crippen molar-refractivity contribution in [2.75, 3.05) is 11.4 Å². The Kier molecular flexibility index (Phi) is 3.31. The predicted octanol–water partition coefficient (Wildman–Crippen LogP) is 5.62. The highest BCUT2D eigenvalue weighted by Crippen LogP contribution is 2.42. The van der Waals surface area contributed by atoms with Crippen LogP contribution < -0.4 is 4.90 Å². The van der Waals surface area contributed by atoms with E-state index in [2.05, 4.69) is 66.4 Å². The molecule has 1 nitrogen and oxygen atoms in total. The van der Waals surface area contributed by atoms with Crippen molar-refractivity contribution >= 4 is 28.1 Å². The Bertz CT molecular complexity index is 826. The van der Waals surface area contributed by atoms with Crippen molar-refractivity contribution in [2.24, 2.45) is 0 Å². The molecule has 1 atom stereocenters. The quantitative estimate of drug-likeness (QED) is 0.594. The van der Waals surface area contributed by atoms with E-state index in [9.17, 15) is 0 Å².